The van der Waals surface area contributed by atoms with E-state index in [4.69, 9.17) is 0 Å². The van der Waals surface area contributed by atoms with Crippen LogP contribution in [0.1, 0.15) is 17.5 Å². The Balaban J connectivity index is 1.64. The van der Waals surface area contributed by atoms with E-state index in [9.17, 15) is 9.59 Å². The van der Waals surface area contributed by atoms with Crippen molar-refractivity contribution >= 4 is 29.0 Å². The Labute approximate surface area is 197 Å². The third-order valence-electron chi connectivity index (χ3n) is 5.83. The summed E-state index contributed by atoms with van der Waals surface area (Å²) >= 11 is 0. The van der Waals surface area contributed by atoms with E-state index in [0.29, 0.717) is 23.7 Å². The lowest BCUT2D eigenvalue weighted by molar-refractivity contribution is 0.651. The van der Waals surface area contributed by atoms with Crippen LogP contribution in [0.25, 0.3) is 11.2 Å². The van der Waals surface area contributed by atoms with Crippen LogP contribution in [0.2, 0.25) is 0 Å². The van der Waals surface area contributed by atoms with Crippen molar-refractivity contribution in [2.24, 2.45) is 19.2 Å². The largest absolute Gasteiger partial charge is 0.378 e. The Bertz CT molecular complexity index is 1430. The van der Waals surface area contributed by atoms with Gasteiger partial charge in [-0.1, -0.05) is 42.5 Å². The van der Waals surface area contributed by atoms with Crippen LogP contribution in [-0.4, -0.2) is 39.0 Å². The molecule has 0 bridgehead atoms. The molecule has 9 heteroatoms. The van der Waals surface area contributed by atoms with Gasteiger partial charge in [0, 0.05) is 40.4 Å². The minimum Gasteiger partial charge on any atom is -0.378 e. The lowest BCUT2D eigenvalue weighted by Gasteiger charge is -2.11. The quantitative estimate of drug-likeness (QED) is 0.323. The van der Waals surface area contributed by atoms with Crippen molar-refractivity contribution < 1.29 is 0 Å². The van der Waals surface area contributed by atoms with Crippen LogP contribution in [0.15, 0.2) is 69.3 Å². The monoisotopic (exact) mass is 459 g/mol. The number of anilines is 2. The van der Waals surface area contributed by atoms with Crippen LogP contribution < -0.4 is 21.6 Å². The zero-order valence-electron chi connectivity index (χ0n) is 19.9. The third-order valence-corrected chi connectivity index (χ3v) is 5.83. The van der Waals surface area contributed by atoms with Crippen molar-refractivity contribution in [2.75, 3.05) is 24.4 Å². The number of aryl methyl sites for hydroxylation is 3. The van der Waals surface area contributed by atoms with Crippen LogP contribution in [0, 0.1) is 0 Å². The van der Waals surface area contributed by atoms with Crippen molar-refractivity contribution in [1.82, 2.24) is 18.7 Å². The van der Waals surface area contributed by atoms with E-state index in [1.165, 1.54) is 17.2 Å². The number of nitrogens with zero attached hydrogens (tertiary/aromatic N) is 6. The van der Waals surface area contributed by atoms with Crippen molar-refractivity contribution in [3.05, 3.63) is 86.6 Å². The van der Waals surface area contributed by atoms with Crippen LogP contribution in [0.5, 0.6) is 0 Å². The number of benzene rings is 2. The zero-order chi connectivity index (χ0) is 24.2. The fourth-order valence-corrected chi connectivity index (χ4v) is 3.86. The second-order valence-electron chi connectivity index (χ2n) is 8.41. The van der Waals surface area contributed by atoms with Gasteiger partial charge in [-0.15, -0.1) is 0 Å². The Morgan fingerprint density at radius 2 is 1.71 bits per heavy atom. The maximum atomic E-state index is 13.0. The van der Waals surface area contributed by atoms with Gasteiger partial charge in [0.15, 0.2) is 11.2 Å². The van der Waals surface area contributed by atoms with E-state index >= 15 is 0 Å². The zero-order valence-corrected chi connectivity index (χ0v) is 19.9. The van der Waals surface area contributed by atoms with Crippen LogP contribution in [0.4, 0.5) is 11.6 Å². The molecular formula is C25H29N7O2. The highest BCUT2D eigenvalue weighted by molar-refractivity contribution is 5.81. The van der Waals surface area contributed by atoms with Crippen LogP contribution in [0.3, 0.4) is 0 Å². The third kappa shape index (κ3) is 4.63. The van der Waals surface area contributed by atoms with Gasteiger partial charge in [-0.25, -0.2) is 10.2 Å². The molecule has 34 heavy (non-hydrogen) atoms. The molecule has 0 unspecified atom stereocenters. The van der Waals surface area contributed by atoms with Crippen molar-refractivity contribution in [3.63, 3.8) is 0 Å². The van der Waals surface area contributed by atoms with Gasteiger partial charge in [0.2, 0.25) is 5.95 Å². The summed E-state index contributed by atoms with van der Waals surface area (Å²) in [5.74, 6) is 0.419. The summed E-state index contributed by atoms with van der Waals surface area (Å²) in [4.78, 5) is 32.0. The predicted octanol–water partition coefficient (Wildman–Crippen LogP) is 2.58. The number of fused-ring (bicyclic) bond motifs is 1. The molecule has 0 aliphatic rings. The number of imidazole rings is 1. The molecule has 2 heterocycles. The van der Waals surface area contributed by atoms with Gasteiger partial charge in [0.1, 0.15) is 0 Å². The summed E-state index contributed by atoms with van der Waals surface area (Å²) in [6, 6.07) is 18.2. The van der Waals surface area contributed by atoms with E-state index in [-0.39, 0.29) is 5.56 Å². The van der Waals surface area contributed by atoms with Gasteiger partial charge in [0.05, 0.1) is 6.21 Å². The molecule has 0 fully saturated rings. The first-order valence-electron chi connectivity index (χ1n) is 11.1. The molecule has 2 aromatic heterocycles. The molecule has 0 atom stereocenters. The van der Waals surface area contributed by atoms with Gasteiger partial charge in [-0.05, 0) is 36.1 Å². The molecule has 0 radical (unpaired) electrons. The van der Waals surface area contributed by atoms with Crippen molar-refractivity contribution in [3.8, 4) is 0 Å². The molecule has 1 N–H and O–H groups in total. The summed E-state index contributed by atoms with van der Waals surface area (Å²) in [7, 11) is 7.08. The van der Waals surface area contributed by atoms with Gasteiger partial charge in [-0.2, -0.15) is 10.1 Å². The Morgan fingerprint density at radius 1 is 1.00 bits per heavy atom. The molecule has 0 aliphatic heterocycles. The summed E-state index contributed by atoms with van der Waals surface area (Å²) < 4.78 is 4.31. The lowest BCUT2D eigenvalue weighted by Crippen LogP contribution is -2.37. The van der Waals surface area contributed by atoms with E-state index in [1.54, 1.807) is 13.3 Å². The normalized spacial score (nSPS) is 11.4. The fraction of sp³-hybridized carbons (Fsp3) is 0.280. The lowest BCUT2D eigenvalue weighted by atomic mass is 10.1. The maximum Gasteiger partial charge on any atom is 0.332 e. The standard InChI is InChI=1S/C25H29N7O2/c1-29(2)20-14-12-19(13-15-20)17-26-28-24-27-22-21(23(33)31(4)25(34)30(22)3)32(24)16-8-11-18-9-6-5-7-10-18/h5-7,9-10,12-15,17H,8,11,16H2,1-4H3,(H,27,28)/b26-17+. The molecular weight excluding hydrogens is 430 g/mol. The first kappa shape index (κ1) is 23.0. The second kappa shape index (κ2) is 9.78. The first-order valence-corrected chi connectivity index (χ1v) is 11.1. The topological polar surface area (TPSA) is 89.5 Å². The number of hydrogen-bond donors (Lipinski definition) is 1. The van der Waals surface area contributed by atoms with Crippen molar-refractivity contribution in [1.29, 1.82) is 0 Å². The average molecular weight is 460 g/mol. The highest BCUT2D eigenvalue weighted by Gasteiger charge is 2.18. The highest BCUT2D eigenvalue weighted by atomic mass is 16.2. The van der Waals surface area contributed by atoms with E-state index in [2.05, 4.69) is 27.6 Å². The Kier molecular flexibility index (Phi) is 6.62. The Morgan fingerprint density at radius 3 is 2.38 bits per heavy atom. The molecule has 0 amide bonds. The smallest absolute Gasteiger partial charge is 0.332 e. The van der Waals surface area contributed by atoms with Crippen LogP contribution in [-0.2, 0) is 27.1 Å². The average Bonchev–Trinajstić information content (AvgIpc) is 3.21. The molecule has 0 spiro atoms. The molecule has 4 aromatic rings. The molecule has 176 valence electrons. The van der Waals surface area contributed by atoms with Crippen molar-refractivity contribution in [2.45, 2.75) is 19.4 Å². The summed E-state index contributed by atoms with van der Waals surface area (Å²) in [6.45, 7) is 0.550. The molecule has 9 nitrogen and oxygen atoms in total. The number of nitrogens with one attached hydrogen (secondary N) is 1. The predicted molar refractivity (Wildman–Crippen MR) is 137 cm³/mol. The minimum atomic E-state index is -0.414. The number of aromatic nitrogens is 4. The maximum absolute atomic E-state index is 13.0. The van der Waals surface area contributed by atoms with E-state index < -0.39 is 5.69 Å². The SMILES string of the molecule is CN(C)c1ccc(/C=N/Nc2nc3c(c(=O)n(C)c(=O)n3C)n2CCCc2ccccc2)cc1. The number of hydrogen-bond acceptors (Lipinski definition) is 6. The van der Waals surface area contributed by atoms with Gasteiger partial charge in [0.25, 0.3) is 5.56 Å². The molecule has 2 aromatic carbocycles. The summed E-state index contributed by atoms with van der Waals surface area (Å²) in [6.07, 6.45) is 3.35. The van der Waals surface area contributed by atoms with Gasteiger partial charge >= 0.3 is 5.69 Å². The van der Waals surface area contributed by atoms with Gasteiger partial charge < -0.3 is 9.47 Å². The van der Waals surface area contributed by atoms with E-state index in [0.717, 1.165) is 28.7 Å². The molecule has 0 saturated carbocycles. The van der Waals surface area contributed by atoms with Gasteiger partial charge in [-0.3, -0.25) is 13.9 Å². The van der Waals surface area contributed by atoms with E-state index in [1.807, 2.05) is 66.0 Å². The highest BCUT2D eigenvalue weighted by Crippen LogP contribution is 2.17. The van der Waals surface area contributed by atoms with Crippen LogP contribution >= 0.6 is 0 Å². The molecule has 0 saturated heterocycles. The minimum absolute atomic E-state index is 0.334. The first-order chi connectivity index (χ1) is 16.4. The summed E-state index contributed by atoms with van der Waals surface area (Å²) in [5.41, 5.74) is 6.15. The fourth-order valence-electron chi connectivity index (χ4n) is 3.86. The number of hydrazone groups is 1. The second-order valence-corrected chi connectivity index (χ2v) is 8.41. The Hall–Kier alpha value is -4.14. The number of rotatable bonds is 8. The summed E-state index contributed by atoms with van der Waals surface area (Å²) in [5, 5.41) is 4.34. The molecule has 4 rings (SSSR count). The molecule has 0 aliphatic carbocycles.